The lowest BCUT2D eigenvalue weighted by Crippen LogP contribution is -2.33. The van der Waals surface area contributed by atoms with E-state index in [2.05, 4.69) is 33.5 Å². The van der Waals surface area contributed by atoms with Crippen LogP contribution in [0.25, 0.3) is 0 Å². The van der Waals surface area contributed by atoms with Crippen molar-refractivity contribution < 1.29 is 14.7 Å². The smallest absolute Gasteiger partial charge is 0.335 e. The number of carbonyl (C=O) groups is 2. The van der Waals surface area contributed by atoms with Crippen molar-refractivity contribution in [1.29, 1.82) is 0 Å². The SMILES string of the molecule is CCC1(CNC(=O)Nc2cc(Br)cc(C(=O)O)c2)CC1. The van der Waals surface area contributed by atoms with Crippen molar-refractivity contribution in [1.82, 2.24) is 5.32 Å². The third-order valence-corrected chi connectivity index (χ3v) is 4.19. The predicted molar refractivity (Wildman–Crippen MR) is 80.1 cm³/mol. The molecule has 0 heterocycles. The van der Waals surface area contributed by atoms with Crippen molar-refractivity contribution in [2.45, 2.75) is 26.2 Å². The standard InChI is InChI=1S/C14H17BrN2O3/c1-2-14(3-4-14)8-16-13(20)17-11-6-9(12(18)19)5-10(15)7-11/h5-7H,2-4,8H2,1H3,(H,18,19)(H2,16,17,20). The lowest BCUT2D eigenvalue weighted by Gasteiger charge is -2.14. The molecule has 1 aliphatic rings. The van der Waals surface area contributed by atoms with Crippen molar-refractivity contribution >= 4 is 33.6 Å². The summed E-state index contributed by atoms with van der Waals surface area (Å²) in [5, 5.41) is 14.5. The Morgan fingerprint density at radius 3 is 2.60 bits per heavy atom. The van der Waals surface area contributed by atoms with Crippen LogP contribution in [0.2, 0.25) is 0 Å². The molecule has 108 valence electrons. The van der Waals surface area contributed by atoms with Crippen LogP contribution in [-0.2, 0) is 0 Å². The molecule has 0 atom stereocenters. The number of amides is 2. The van der Waals surface area contributed by atoms with Crippen molar-refractivity contribution in [2.24, 2.45) is 5.41 Å². The number of carboxylic acid groups (broad SMARTS) is 1. The van der Waals surface area contributed by atoms with Gasteiger partial charge < -0.3 is 15.7 Å². The zero-order valence-corrected chi connectivity index (χ0v) is 12.8. The molecule has 1 saturated carbocycles. The van der Waals surface area contributed by atoms with Crippen LogP contribution < -0.4 is 10.6 Å². The normalized spacial score (nSPS) is 15.5. The number of hydrogen-bond acceptors (Lipinski definition) is 2. The van der Waals surface area contributed by atoms with Crippen LogP contribution in [-0.4, -0.2) is 23.7 Å². The number of carbonyl (C=O) groups excluding carboxylic acids is 1. The van der Waals surface area contributed by atoms with Crippen LogP contribution in [0.5, 0.6) is 0 Å². The van der Waals surface area contributed by atoms with E-state index in [4.69, 9.17) is 5.11 Å². The van der Waals surface area contributed by atoms with Crippen molar-refractivity contribution in [3.8, 4) is 0 Å². The number of benzene rings is 1. The molecule has 5 nitrogen and oxygen atoms in total. The van der Waals surface area contributed by atoms with E-state index in [1.165, 1.54) is 12.1 Å². The van der Waals surface area contributed by atoms with Gasteiger partial charge in [-0.25, -0.2) is 9.59 Å². The molecule has 6 heteroatoms. The van der Waals surface area contributed by atoms with E-state index in [1.807, 2.05) is 0 Å². The fraction of sp³-hybridized carbons (Fsp3) is 0.429. The molecule has 0 saturated heterocycles. The highest BCUT2D eigenvalue weighted by atomic mass is 79.9. The van der Waals surface area contributed by atoms with Crippen LogP contribution in [0.4, 0.5) is 10.5 Å². The molecule has 0 bridgehead atoms. The van der Waals surface area contributed by atoms with Gasteiger partial charge in [0.1, 0.15) is 0 Å². The van der Waals surface area contributed by atoms with E-state index in [0.29, 0.717) is 16.7 Å². The summed E-state index contributed by atoms with van der Waals surface area (Å²) in [4.78, 5) is 22.8. The van der Waals surface area contributed by atoms with Gasteiger partial charge >= 0.3 is 12.0 Å². The van der Waals surface area contributed by atoms with E-state index < -0.39 is 5.97 Å². The van der Waals surface area contributed by atoms with Gasteiger partial charge in [-0.1, -0.05) is 22.9 Å². The average Bonchev–Trinajstić information content (AvgIpc) is 3.16. The fourth-order valence-corrected chi connectivity index (χ4v) is 2.55. The largest absolute Gasteiger partial charge is 0.478 e. The van der Waals surface area contributed by atoms with Crippen molar-refractivity contribution in [3.05, 3.63) is 28.2 Å². The maximum absolute atomic E-state index is 11.8. The highest BCUT2D eigenvalue weighted by molar-refractivity contribution is 9.10. The number of nitrogens with one attached hydrogen (secondary N) is 2. The van der Waals surface area contributed by atoms with E-state index in [0.717, 1.165) is 19.3 Å². The monoisotopic (exact) mass is 340 g/mol. The summed E-state index contributed by atoms with van der Waals surface area (Å²) >= 11 is 3.23. The van der Waals surface area contributed by atoms with Crippen molar-refractivity contribution in [2.75, 3.05) is 11.9 Å². The number of carboxylic acids is 1. The number of anilines is 1. The number of hydrogen-bond donors (Lipinski definition) is 3. The van der Waals surface area contributed by atoms with E-state index in [-0.39, 0.29) is 17.0 Å². The van der Waals surface area contributed by atoms with E-state index >= 15 is 0 Å². The Hall–Kier alpha value is -1.56. The van der Waals surface area contributed by atoms with Gasteiger partial charge in [0.05, 0.1) is 5.56 Å². The van der Waals surface area contributed by atoms with Gasteiger partial charge in [-0.3, -0.25) is 0 Å². The molecule has 1 aliphatic carbocycles. The fourth-order valence-electron chi connectivity index (χ4n) is 2.06. The molecular formula is C14H17BrN2O3. The summed E-state index contributed by atoms with van der Waals surface area (Å²) in [5.41, 5.74) is 0.860. The van der Waals surface area contributed by atoms with Crippen molar-refractivity contribution in [3.63, 3.8) is 0 Å². The summed E-state index contributed by atoms with van der Waals surface area (Å²) in [6.45, 7) is 2.79. The quantitative estimate of drug-likeness (QED) is 0.767. The van der Waals surface area contributed by atoms with Crippen LogP contribution in [0.15, 0.2) is 22.7 Å². The Kier molecular flexibility index (Phi) is 4.32. The molecule has 2 rings (SSSR count). The Bertz CT molecular complexity index is 541. The molecule has 0 radical (unpaired) electrons. The first kappa shape index (κ1) is 14.8. The van der Waals surface area contributed by atoms with Gasteiger partial charge in [-0.2, -0.15) is 0 Å². The molecule has 1 fully saturated rings. The number of aromatic carboxylic acids is 1. The minimum atomic E-state index is -1.03. The number of halogens is 1. The molecule has 1 aromatic rings. The van der Waals surface area contributed by atoms with Crippen LogP contribution in [0.1, 0.15) is 36.5 Å². The zero-order valence-electron chi connectivity index (χ0n) is 11.2. The Balaban J connectivity index is 1.95. The minimum Gasteiger partial charge on any atom is -0.478 e. The lowest BCUT2D eigenvalue weighted by molar-refractivity contribution is 0.0697. The molecule has 3 N–H and O–H groups in total. The molecular weight excluding hydrogens is 324 g/mol. The second kappa shape index (κ2) is 5.83. The first-order valence-electron chi connectivity index (χ1n) is 6.53. The summed E-state index contributed by atoms with van der Waals surface area (Å²) < 4.78 is 0.611. The Labute approximate surface area is 125 Å². The highest BCUT2D eigenvalue weighted by Crippen LogP contribution is 2.47. The van der Waals surface area contributed by atoms with Gasteiger partial charge in [-0.05, 0) is 42.9 Å². The van der Waals surface area contributed by atoms with Crippen LogP contribution >= 0.6 is 15.9 Å². The van der Waals surface area contributed by atoms with Gasteiger partial charge in [0.25, 0.3) is 0 Å². The summed E-state index contributed by atoms with van der Waals surface area (Å²) in [7, 11) is 0. The molecule has 0 spiro atoms. The topological polar surface area (TPSA) is 78.4 Å². The third kappa shape index (κ3) is 3.72. The first-order chi connectivity index (χ1) is 9.44. The maximum atomic E-state index is 11.8. The molecule has 2 amide bonds. The molecule has 0 aromatic heterocycles. The first-order valence-corrected chi connectivity index (χ1v) is 7.32. The molecule has 0 unspecified atom stereocenters. The van der Waals surface area contributed by atoms with Gasteiger partial charge in [0.2, 0.25) is 0 Å². The Morgan fingerprint density at radius 2 is 2.05 bits per heavy atom. The lowest BCUT2D eigenvalue weighted by atomic mass is 10.0. The summed E-state index contributed by atoms with van der Waals surface area (Å²) in [6, 6.07) is 4.28. The molecule has 0 aliphatic heterocycles. The van der Waals surface area contributed by atoms with Gasteiger partial charge in [0.15, 0.2) is 0 Å². The average molecular weight is 341 g/mol. The second-order valence-electron chi connectivity index (χ2n) is 5.19. The Morgan fingerprint density at radius 1 is 1.35 bits per heavy atom. The number of rotatable bonds is 5. The highest BCUT2D eigenvalue weighted by Gasteiger charge is 2.40. The maximum Gasteiger partial charge on any atom is 0.335 e. The van der Waals surface area contributed by atoms with Crippen LogP contribution in [0, 0.1) is 5.41 Å². The molecule has 20 heavy (non-hydrogen) atoms. The third-order valence-electron chi connectivity index (χ3n) is 3.73. The van der Waals surface area contributed by atoms with Gasteiger partial charge in [0, 0.05) is 16.7 Å². The number of urea groups is 1. The molecule has 1 aromatic carbocycles. The summed E-state index contributed by atoms with van der Waals surface area (Å²) in [5.74, 6) is -1.03. The van der Waals surface area contributed by atoms with E-state index in [1.54, 1.807) is 6.07 Å². The van der Waals surface area contributed by atoms with E-state index in [9.17, 15) is 9.59 Å². The van der Waals surface area contributed by atoms with Gasteiger partial charge in [-0.15, -0.1) is 0 Å². The minimum absolute atomic E-state index is 0.127. The van der Waals surface area contributed by atoms with Crippen LogP contribution in [0.3, 0.4) is 0 Å². The predicted octanol–water partition coefficient (Wildman–Crippen LogP) is 3.46. The second-order valence-corrected chi connectivity index (χ2v) is 6.11. The zero-order chi connectivity index (χ0) is 14.8. The summed E-state index contributed by atoms with van der Waals surface area (Å²) in [6.07, 6.45) is 3.38.